The van der Waals surface area contributed by atoms with Crippen molar-refractivity contribution in [2.75, 3.05) is 13.2 Å². The summed E-state index contributed by atoms with van der Waals surface area (Å²) in [5.41, 5.74) is 1.27. The molecular weight excluding hydrogens is 256 g/mol. The van der Waals surface area contributed by atoms with Crippen LogP contribution in [0.25, 0.3) is 0 Å². The van der Waals surface area contributed by atoms with E-state index in [4.69, 9.17) is 4.74 Å². The first kappa shape index (κ1) is 16.3. The summed E-state index contributed by atoms with van der Waals surface area (Å²) in [5.74, 6) is 0.0796. The van der Waals surface area contributed by atoms with Gasteiger partial charge in [-0.2, -0.15) is 0 Å². The van der Waals surface area contributed by atoms with Crippen molar-refractivity contribution in [1.29, 1.82) is 0 Å². The third-order valence-electron chi connectivity index (χ3n) is 2.99. The molecule has 1 amide bonds. The summed E-state index contributed by atoms with van der Waals surface area (Å²) in [4.78, 5) is 23.7. The fraction of sp³-hybridized carbons (Fsp3) is 0.600. The number of carbonyl (C=O) groups is 2. The van der Waals surface area contributed by atoms with Gasteiger partial charge in [0.2, 0.25) is 5.91 Å². The summed E-state index contributed by atoms with van der Waals surface area (Å²) in [5, 5.41) is 2.86. The number of nitrogens with zero attached hydrogens (tertiary/aromatic N) is 1. The van der Waals surface area contributed by atoms with Crippen LogP contribution in [-0.4, -0.2) is 29.6 Å². The maximum Gasteiger partial charge on any atom is 0.355 e. The number of esters is 1. The van der Waals surface area contributed by atoms with Gasteiger partial charge in [-0.25, -0.2) is 4.79 Å². The van der Waals surface area contributed by atoms with Crippen molar-refractivity contribution in [1.82, 2.24) is 9.88 Å². The first-order valence-corrected chi connectivity index (χ1v) is 7.05. The van der Waals surface area contributed by atoms with Crippen LogP contribution in [0.2, 0.25) is 0 Å². The second-order valence-corrected chi connectivity index (χ2v) is 5.23. The van der Waals surface area contributed by atoms with E-state index in [-0.39, 0.29) is 18.4 Å². The van der Waals surface area contributed by atoms with Crippen molar-refractivity contribution in [2.24, 2.45) is 5.92 Å². The molecule has 0 aromatic carbocycles. The quantitative estimate of drug-likeness (QED) is 0.778. The van der Waals surface area contributed by atoms with Crippen molar-refractivity contribution in [3.8, 4) is 0 Å². The largest absolute Gasteiger partial charge is 0.461 e. The minimum absolute atomic E-state index is 0.0909. The molecule has 5 nitrogen and oxygen atoms in total. The monoisotopic (exact) mass is 280 g/mol. The molecule has 0 aliphatic heterocycles. The van der Waals surface area contributed by atoms with E-state index >= 15 is 0 Å². The van der Waals surface area contributed by atoms with Crippen molar-refractivity contribution in [3.05, 3.63) is 23.5 Å². The predicted molar refractivity (Wildman–Crippen MR) is 77.6 cm³/mol. The maximum absolute atomic E-state index is 11.9. The molecule has 5 heteroatoms. The van der Waals surface area contributed by atoms with Crippen LogP contribution in [-0.2, 0) is 16.1 Å². The van der Waals surface area contributed by atoms with Crippen LogP contribution < -0.4 is 5.32 Å². The zero-order chi connectivity index (χ0) is 15.1. The molecule has 0 bridgehead atoms. The van der Waals surface area contributed by atoms with Crippen LogP contribution in [0.5, 0.6) is 0 Å². The van der Waals surface area contributed by atoms with Crippen molar-refractivity contribution in [2.45, 2.75) is 40.7 Å². The topological polar surface area (TPSA) is 60.3 Å². The van der Waals surface area contributed by atoms with Crippen LogP contribution in [0.15, 0.2) is 12.3 Å². The Labute approximate surface area is 120 Å². The molecule has 0 atom stereocenters. The van der Waals surface area contributed by atoms with Crippen LogP contribution in [0, 0.1) is 12.8 Å². The molecular formula is C15H24N2O3. The van der Waals surface area contributed by atoms with Gasteiger partial charge in [-0.05, 0) is 37.8 Å². The Hall–Kier alpha value is -1.78. The summed E-state index contributed by atoms with van der Waals surface area (Å²) < 4.78 is 6.65. The number of rotatable bonds is 7. The third kappa shape index (κ3) is 4.72. The van der Waals surface area contributed by atoms with Crippen LogP contribution in [0.3, 0.4) is 0 Å². The molecule has 1 aromatic heterocycles. The van der Waals surface area contributed by atoms with Gasteiger partial charge in [-0.1, -0.05) is 13.8 Å². The number of nitrogens with one attached hydrogen (secondary N) is 1. The highest BCUT2D eigenvalue weighted by molar-refractivity contribution is 5.90. The number of hydrogen-bond acceptors (Lipinski definition) is 3. The summed E-state index contributed by atoms with van der Waals surface area (Å²) in [6, 6.07) is 1.81. The molecule has 112 valence electrons. The smallest absolute Gasteiger partial charge is 0.355 e. The first-order valence-electron chi connectivity index (χ1n) is 7.05. The molecule has 1 N–H and O–H groups in total. The highest BCUT2D eigenvalue weighted by Gasteiger charge is 2.17. The van der Waals surface area contributed by atoms with E-state index < -0.39 is 0 Å². The fourth-order valence-corrected chi connectivity index (χ4v) is 1.90. The Kier molecular flexibility index (Phi) is 6.28. The lowest BCUT2D eigenvalue weighted by molar-refractivity contribution is -0.121. The minimum atomic E-state index is -0.384. The van der Waals surface area contributed by atoms with E-state index in [1.54, 1.807) is 17.7 Å². The van der Waals surface area contributed by atoms with Gasteiger partial charge in [0.1, 0.15) is 12.2 Å². The zero-order valence-electron chi connectivity index (χ0n) is 12.7. The van der Waals surface area contributed by atoms with Gasteiger partial charge in [-0.15, -0.1) is 0 Å². The molecule has 1 rings (SSSR count). The summed E-state index contributed by atoms with van der Waals surface area (Å²) in [6.07, 6.45) is 2.69. The summed E-state index contributed by atoms with van der Waals surface area (Å²) in [6.45, 7) is 8.94. The lowest BCUT2D eigenvalue weighted by atomic mass is 10.1. The van der Waals surface area contributed by atoms with E-state index in [1.165, 1.54) is 0 Å². The lowest BCUT2D eigenvalue weighted by Gasteiger charge is -2.11. The first-order chi connectivity index (χ1) is 9.45. The van der Waals surface area contributed by atoms with Gasteiger partial charge >= 0.3 is 5.97 Å². The van der Waals surface area contributed by atoms with Crippen molar-refractivity contribution in [3.63, 3.8) is 0 Å². The van der Waals surface area contributed by atoms with E-state index in [9.17, 15) is 9.59 Å². The number of hydrogen-bond donors (Lipinski definition) is 1. The zero-order valence-corrected chi connectivity index (χ0v) is 12.7. The molecule has 0 saturated heterocycles. The van der Waals surface area contributed by atoms with E-state index in [1.807, 2.05) is 13.0 Å². The summed E-state index contributed by atoms with van der Waals surface area (Å²) in [7, 11) is 0. The van der Waals surface area contributed by atoms with Crippen molar-refractivity contribution >= 4 is 11.9 Å². The molecule has 0 aliphatic carbocycles. The van der Waals surface area contributed by atoms with Crippen LogP contribution in [0.1, 0.15) is 43.2 Å². The van der Waals surface area contributed by atoms with Gasteiger partial charge in [0.25, 0.3) is 0 Å². The third-order valence-corrected chi connectivity index (χ3v) is 2.99. The predicted octanol–water partition coefficient (Wildman–Crippen LogP) is 2.14. The Balaban J connectivity index is 2.63. The number of ether oxygens (including phenoxy) is 1. The lowest BCUT2D eigenvalue weighted by Crippen LogP contribution is -2.30. The molecule has 1 heterocycles. The molecule has 0 unspecified atom stereocenters. The number of aromatic nitrogens is 1. The van der Waals surface area contributed by atoms with E-state index in [2.05, 4.69) is 19.2 Å². The number of aryl methyl sites for hydroxylation is 1. The minimum Gasteiger partial charge on any atom is -0.461 e. The fourth-order valence-electron chi connectivity index (χ4n) is 1.90. The SMILES string of the molecule is CCOC(=O)c1c(C)ccn1CC(=O)NCCC(C)C. The van der Waals surface area contributed by atoms with Gasteiger partial charge in [0.15, 0.2) is 0 Å². The van der Waals surface area contributed by atoms with Crippen LogP contribution >= 0.6 is 0 Å². The Morgan fingerprint density at radius 3 is 2.70 bits per heavy atom. The second-order valence-electron chi connectivity index (χ2n) is 5.23. The molecule has 0 fully saturated rings. The Bertz CT molecular complexity index is 464. The highest BCUT2D eigenvalue weighted by Crippen LogP contribution is 2.11. The highest BCUT2D eigenvalue weighted by atomic mass is 16.5. The number of amides is 1. The number of carbonyl (C=O) groups excluding carboxylic acids is 2. The molecule has 1 aromatic rings. The average Bonchev–Trinajstić information content (AvgIpc) is 2.70. The Morgan fingerprint density at radius 2 is 2.10 bits per heavy atom. The Morgan fingerprint density at radius 1 is 1.40 bits per heavy atom. The van der Waals surface area contributed by atoms with Crippen molar-refractivity contribution < 1.29 is 14.3 Å². The average molecular weight is 280 g/mol. The normalized spacial score (nSPS) is 10.7. The van der Waals surface area contributed by atoms with Gasteiger partial charge in [0, 0.05) is 12.7 Å². The summed E-state index contributed by atoms with van der Waals surface area (Å²) >= 11 is 0. The van der Waals surface area contributed by atoms with Crippen LogP contribution in [0.4, 0.5) is 0 Å². The molecule has 0 radical (unpaired) electrons. The maximum atomic E-state index is 11.9. The van der Waals surface area contributed by atoms with Gasteiger partial charge in [-0.3, -0.25) is 4.79 Å². The molecule has 20 heavy (non-hydrogen) atoms. The van der Waals surface area contributed by atoms with Gasteiger partial charge in [0.05, 0.1) is 6.61 Å². The second kappa shape index (κ2) is 7.72. The van der Waals surface area contributed by atoms with E-state index in [0.717, 1.165) is 12.0 Å². The molecule has 0 saturated carbocycles. The molecule has 0 aliphatic rings. The molecule has 0 spiro atoms. The van der Waals surface area contributed by atoms with E-state index in [0.29, 0.717) is 24.8 Å². The van der Waals surface area contributed by atoms with Gasteiger partial charge < -0.3 is 14.6 Å². The standard InChI is InChI=1S/C15H24N2O3/c1-5-20-15(19)14-12(4)7-9-17(14)10-13(18)16-8-6-11(2)3/h7,9,11H,5-6,8,10H2,1-4H3,(H,16,18).